The Morgan fingerprint density at radius 1 is 1.04 bits per heavy atom. The molecule has 5 nitrogen and oxygen atoms in total. The monoisotopic (exact) mass is 384 g/mol. The van der Waals surface area contributed by atoms with Gasteiger partial charge in [-0.25, -0.2) is 9.89 Å². The first-order valence-corrected chi connectivity index (χ1v) is 9.96. The molecule has 0 aliphatic carbocycles. The van der Waals surface area contributed by atoms with E-state index in [1.165, 1.54) is 24.9 Å². The van der Waals surface area contributed by atoms with Gasteiger partial charge in [0, 0.05) is 36.2 Å². The summed E-state index contributed by atoms with van der Waals surface area (Å²) in [5.74, 6) is -1.57. The van der Waals surface area contributed by atoms with Crippen molar-refractivity contribution >= 4 is 34.9 Å². The van der Waals surface area contributed by atoms with Gasteiger partial charge in [0.25, 0.3) is 0 Å². The molecule has 2 aromatic rings. The highest BCUT2D eigenvalue weighted by molar-refractivity contribution is 6.17. The van der Waals surface area contributed by atoms with Crippen molar-refractivity contribution in [3.63, 3.8) is 0 Å². The van der Waals surface area contributed by atoms with Crippen LogP contribution in [-0.4, -0.2) is 48.3 Å². The van der Waals surface area contributed by atoms with Crippen molar-refractivity contribution in [3.05, 3.63) is 54.1 Å². The minimum atomic E-state index is -1.57. The number of rotatable bonds is 4. The van der Waals surface area contributed by atoms with Gasteiger partial charge in [-0.15, -0.1) is 11.6 Å². The first-order valence-electron chi connectivity index (χ1n) is 9.42. The molecule has 1 fully saturated rings. The predicted molar refractivity (Wildman–Crippen MR) is 112 cm³/mol. The van der Waals surface area contributed by atoms with Gasteiger partial charge in [0.15, 0.2) is 0 Å². The Bertz CT molecular complexity index is 819. The van der Waals surface area contributed by atoms with E-state index in [1.54, 1.807) is 18.2 Å². The van der Waals surface area contributed by atoms with Crippen LogP contribution in [-0.2, 0) is 0 Å². The summed E-state index contributed by atoms with van der Waals surface area (Å²) in [7, 11) is 1.76. The van der Waals surface area contributed by atoms with E-state index in [0.29, 0.717) is 0 Å². The van der Waals surface area contributed by atoms with E-state index in [2.05, 4.69) is 34.2 Å². The molecule has 0 amide bonds. The van der Waals surface area contributed by atoms with Gasteiger partial charge in [-0.1, -0.05) is 18.2 Å². The van der Waals surface area contributed by atoms with Crippen molar-refractivity contribution in [2.24, 2.45) is 4.99 Å². The number of para-hydroxylation sites is 1. The van der Waals surface area contributed by atoms with Crippen molar-refractivity contribution < 1.29 is 5.11 Å². The SMILES string of the molecule is CN(CCl)C1(O)N=Cc2ccccc2N1c1ccc(N2CCCCC2)cc1. The van der Waals surface area contributed by atoms with E-state index in [1.807, 2.05) is 29.2 Å². The molecule has 142 valence electrons. The van der Waals surface area contributed by atoms with Crippen LogP contribution in [0.25, 0.3) is 0 Å². The molecule has 1 atom stereocenters. The third-order valence-electron chi connectivity index (χ3n) is 5.38. The van der Waals surface area contributed by atoms with Crippen LogP contribution in [0.3, 0.4) is 0 Å². The number of halogens is 1. The number of anilines is 3. The lowest BCUT2D eigenvalue weighted by Crippen LogP contribution is -2.57. The van der Waals surface area contributed by atoms with Crippen LogP contribution < -0.4 is 9.80 Å². The minimum Gasteiger partial charge on any atom is -0.372 e. The lowest BCUT2D eigenvalue weighted by molar-refractivity contribution is -0.0725. The van der Waals surface area contributed by atoms with Crippen LogP contribution in [0.15, 0.2) is 53.5 Å². The van der Waals surface area contributed by atoms with E-state index in [9.17, 15) is 5.11 Å². The largest absolute Gasteiger partial charge is 0.372 e. The molecule has 27 heavy (non-hydrogen) atoms. The zero-order chi connectivity index (χ0) is 18.9. The molecule has 2 aromatic carbocycles. The van der Waals surface area contributed by atoms with Crippen LogP contribution in [0.4, 0.5) is 17.1 Å². The Labute approximate surface area is 165 Å². The number of hydrogen-bond acceptors (Lipinski definition) is 5. The Hall–Kier alpha value is -2.08. The van der Waals surface area contributed by atoms with Gasteiger partial charge in [-0.3, -0.25) is 4.90 Å². The van der Waals surface area contributed by atoms with Crippen LogP contribution in [0.2, 0.25) is 0 Å². The van der Waals surface area contributed by atoms with Gasteiger partial charge in [0.1, 0.15) is 0 Å². The zero-order valence-electron chi connectivity index (χ0n) is 15.6. The summed E-state index contributed by atoms with van der Waals surface area (Å²) in [5, 5.41) is 11.4. The molecule has 0 bridgehead atoms. The van der Waals surface area contributed by atoms with Gasteiger partial charge in [0.2, 0.25) is 0 Å². The van der Waals surface area contributed by atoms with Gasteiger partial charge in [0.05, 0.1) is 11.7 Å². The van der Waals surface area contributed by atoms with Crippen LogP contribution in [0.1, 0.15) is 24.8 Å². The van der Waals surface area contributed by atoms with E-state index < -0.39 is 5.97 Å². The summed E-state index contributed by atoms with van der Waals surface area (Å²) in [5.41, 5.74) is 3.96. The van der Waals surface area contributed by atoms with Gasteiger partial charge in [-0.2, -0.15) is 0 Å². The highest BCUT2D eigenvalue weighted by atomic mass is 35.5. The summed E-state index contributed by atoms with van der Waals surface area (Å²) in [6, 6.07) is 16.4. The molecule has 0 radical (unpaired) electrons. The van der Waals surface area contributed by atoms with Crippen molar-refractivity contribution in [2.75, 3.05) is 35.9 Å². The minimum absolute atomic E-state index is 0.151. The quantitative estimate of drug-likeness (QED) is 0.492. The fourth-order valence-electron chi connectivity index (χ4n) is 3.80. The molecular formula is C21H25ClN4O. The fourth-order valence-corrected chi connectivity index (χ4v) is 3.96. The second kappa shape index (κ2) is 7.50. The Kier molecular flexibility index (Phi) is 5.08. The molecule has 0 spiro atoms. The van der Waals surface area contributed by atoms with Crippen LogP contribution in [0.5, 0.6) is 0 Å². The predicted octanol–water partition coefficient (Wildman–Crippen LogP) is 3.98. The molecule has 2 heterocycles. The van der Waals surface area contributed by atoms with Gasteiger partial charge >= 0.3 is 5.97 Å². The summed E-state index contributed by atoms with van der Waals surface area (Å²) >= 11 is 6.04. The number of nitrogens with zero attached hydrogens (tertiary/aromatic N) is 4. The topological polar surface area (TPSA) is 42.3 Å². The molecule has 2 aliphatic heterocycles. The van der Waals surface area contributed by atoms with E-state index in [-0.39, 0.29) is 6.00 Å². The maximum Gasteiger partial charge on any atom is 0.307 e. The second-order valence-electron chi connectivity index (χ2n) is 7.13. The van der Waals surface area contributed by atoms with E-state index in [4.69, 9.17) is 11.6 Å². The summed E-state index contributed by atoms with van der Waals surface area (Å²) in [6.45, 7) is 2.21. The molecule has 1 saturated heterocycles. The molecule has 0 saturated carbocycles. The number of benzene rings is 2. The van der Waals surface area contributed by atoms with Crippen LogP contribution in [0, 0.1) is 0 Å². The number of aliphatic hydroxyl groups is 1. The molecule has 1 unspecified atom stereocenters. The molecule has 1 N–H and O–H groups in total. The lowest BCUT2D eigenvalue weighted by atomic mass is 10.1. The standard InChI is InChI=1S/C21H25ClN4O/c1-24(16-22)21(27)23-15-17-7-3-4-8-20(17)26(21)19-11-9-18(10-12-19)25-13-5-2-6-14-25/h3-4,7-12,15,27H,2,5-6,13-14,16H2,1H3. The molecule has 6 heteroatoms. The first-order chi connectivity index (χ1) is 13.1. The molecule has 0 aromatic heterocycles. The fraction of sp³-hybridized carbons (Fsp3) is 0.381. The molecule has 2 aliphatic rings. The number of hydrogen-bond donors (Lipinski definition) is 1. The average Bonchev–Trinajstić information content (AvgIpc) is 2.74. The highest BCUT2D eigenvalue weighted by Gasteiger charge is 2.42. The summed E-state index contributed by atoms with van der Waals surface area (Å²) in [4.78, 5) is 10.3. The normalized spacial score (nSPS) is 22.2. The van der Waals surface area contributed by atoms with Crippen molar-refractivity contribution in [1.82, 2.24) is 4.90 Å². The second-order valence-corrected chi connectivity index (χ2v) is 7.37. The third-order valence-corrected chi connectivity index (χ3v) is 5.73. The highest BCUT2D eigenvalue weighted by Crippen LogP contribution is 2.39. The number of fused-ring (bicyclic) bond motifs is 1. The van der Waals surface area contributed by atoms with E-state index in [0.717, 1.165) is 30.0 Å². The van der Waals surface area contributed by atoms with Crippen molar-refractivity contribution in [2.45, 2.75) is 25.2 Å². The van der Waals surface area contributed by atoms with Crippen LogP contribution >= 0.6 is 11.6 Å². The lowest BCUT2D eigenvalue weighted by Gasteiger charge is -2.45. The average molecular weight is 385 g/mol. The molecule has 4 rings (SSSR count). The summed E-state index contributed by atoms with van der Waals surface area (Å²) in [6.07, 6.45) is 5.51. The Balaban J connectivity index is 1.73. The third kappa shape index (κ3) is 3.31. The molecular weight excluding hydrogens is 360 g/mol. The number of piperidine rings is 1. The Morgan fingerprint density at radius 3 is 2.41 bits per heavy atom. The van der Waals surface area contributed by atoms with Crippen molar-refractivity contribution in [1.29, 1.82) is 0 Å². The van der Waals surface area contributed by atoms with E-state index >= 15 is 0 Å². The number of alkyl halides is 1. The zero-order valence-corrected chi connectivity index (χ0v) is 16.3. The van der Waals surface area contributed by atoms with Crippen molar-refractivity contribution in [3.8, 4) is 0 Å². The Morgan fingerprint density at radius 2 is 1.70 bits per heavy atom. The first kappa shape index (κ1) is 18.3. The maximum atomic E-state index is 11.4. The van der Waals surface area contributed by atoms with Gasteiger partial charge < -0.3 is 10.0 Å². The smallest absolute Gasteiger partial charge is 0.307 e. The number of aliphatic imine (C=N–C) groups is 1. The van der Waals surface area contributed by atoms with Gasteiger partial charge in [-0.05, 0) is 56.6 Å². The summed E-state index contributed by atoms with van der Waals surface area (Å²) < 4.78 is 0. The maximum absolute atomic E-state index is 11.4.